The molecule has 0 aromatic rings. The summed E-state index contributed by atoms with van der Waals surface area (Å²) in [6.07, 6.45) is 72.5. The summed E-state index contributed by atoms with van der Waals surface area (Å²) in [5, 5.41) is 10.6. The zero-order valence-corrected chi connectivity index (χ0v) is 59.9. The first kappa shape index (κ1) is 89.2. The maximum atomic E-state index is 13.0. The number of esters is 4. The van der Waals surface area contributed by atoms with Crippen molar-refractivity contribution in [1.82, 2.24) is 0 Å². The molecule has 0 saturated heterocycles. The molecule has 0 amide bonds. The second-order valence-electron chi connectivity index (χ2n) is 23.1. The summed E-state index contributed by atoms with van der Waals surface area (Å²) in [5.74, 6) is -2.49. The van der Waals surface area contributed by atoms with Crippen LogP contribution in [0.3, 0.4) is 0 Å². The number of rotatable bonds is 65. The Morgan fingerprint density at radius 2 is 0.606 bits per heavy atom. The summed E-state index contributed by atoms with van der Waals surface area (Å²) in [4.78, 5) is 72.4. The molecule has 94 heavy (non-hydrogen) atoms. The lowest BCUT2D eigenvalue weighted by molar-refractivity contribution is -0.161. The van der Waals surface area contributed by atoms with Crippen molar-refractivity contribution in [1.29, 1.82) is 0 Å². The highest BCUT2D eigenvalue weighted by atomic mass is 31.2. The van der Waals surface area contributed by atoms with E-state index < -0.39 is 97.5 Å². The van der Waals surface area contributed by atoms with Crippen LogP contribution in [0.2, 0.25) is 0 Å². The van der Waals surface area contributed by atoms with E-state index >= 15 is 0 Å². The standard InChI is InChI=1S/C75H124O17P2/c1-5-9-13-17-21-25-29-32-34-37-41-44-48-52-56-60-73(78)86-66-71(92-75(80)62-58-54-50-46-42-38-35-33-30-26-22-18-14-10-6-2)68-90-94(83,84)88-64-69(76)63-87-93(81,82)89-67-70(91-74(79)61-57-53-49-45-39-28-24-20-16-12-8-4)65-85-72(77)59-55-51-47-43-40-36-31-27-23-19-15-11-7-3/h9-10,13-14,21-22,25-27,31-35,41-42,44,46,52,54,56,58,69-71,76H,5-8,11-12,15-20,23-24,28-30,36-40,43,45,47-51,53,55,57,59-68H2,1-4H3,(H,81,82)(H,83,84)/b13-9-,14-10-,25-21-,26-22-,31-27-,34-32-,35-33-,44-41-,46-42-,56-52-,58-54-. The van der Waals surface area contributed by atoms with Gasteiger partial charge in [0.15, 0.2) is 12.2 Å². The maximum Gasteiger partial charge on any atom is 0.472 e. The number of unbranched alkanes of at least 4 members (excludes halogenated alkanes) is 19. The quantitative estimate of drug-likeness (QED) is 0.0169. The van der Waals surface area contributed by atoms with Gasteiger partial charge in [-0.3, -0.25) is 37.3 Å². The molecule has 19 heteroatoms. The Balaban J connectivity index is 5.48. The Bertz CT molecular complexity index is 2310. The van der Waals surface area contributed by atoms with Crippen molar-refractivity contribution in [3.05, 3.63) is 134 Å². The molecule has 0 spiro atoms. The monoisotopic (exact) mass is 1360 g/mol. The molecule has 0 radical (unpaired) electrons. The fourth-order valence-corrected chi connectivity index (χ4v) is 10.4. The number of aliphatic hydroxyl groups is 1. The van der Waals surface area contributed by atoms with Gasteiger partial charge in [-0.05, 0) is 103 Å². The predicted molar refractivity (Wildman–Crippen MR) is 381 cm³/mol. The average molecular weight is 1360 g/mol. The normalized spacial score (nSPS) is 14.8. The molecule has 0 aliphatic carbocycles. The Labute approximate surface area is 567 Å². The number of phosphoric ester groups is 2. The number of carbonyl (C=O) groups is 4. The van der Waals surface area contributed by atoms with Crippen molar-refractivity contribution in [3.8, 4) is 0 Å². The van der Waals surface area contributed by atoms with Crippen LogP contribution in [-0.4, -0.2) is 96.7 Å². The van der Waals surface area contributed by atoms with Gasteiger partial charge in [-0.1, -0.05) is 264 Å². The zero-order chi connectivity index (χ0) is 69.0. The van der Waals surface area contributed by atoms with E-state index in [4.69, 9.17) is 37.0 Å². The summed E-state index contributed by atoms with van der Waals surface area (Å²) in [6, 6.07) is 0. The fraction of sp³-hybridized carbons (Fsp3) is 0.653. The molecule has 17 nitrogen and oxygen atoms in total. The second-order valence-corrected chi connectivity index (χ2v) is 26.0. The van der Waals surface area contributed by atoms with E-state index in [0.29, 0.717) is 25.7 Å². The topological polar surface area (TPSA) is 237 Å². The Kier molecular flexibility index (Phi) is 63.4. The van der Waals surface area contributed by atoms with Gasteiger partial charge in [0.05, 0.1) is 39.3 Å². The molecule has 0 heterocycles. The van der Waals surface area contributed by atoms with Crippen LogP contribution < -0.4 is 0 Å². The SMILES string of the molecule is CC/C=C\C/C=C\C/C=C\C/C=C\C/C=C\CC(=O)OCC(COP(=O)(O)OCC(O)COP(=O)(O)OCC(COC(=O)CCCCCCC/C=C\CCCCCC)OC(=O)CCCCCCCCCCCCC)OC(=O)C/C=C\C/C=C\C/C=C\C/C=C\C/C=C\CC. The molecule has 0 fully saturated rings. The van der Waals surface area contributed by atoms with Gasteiger partial charge >= 0.3 is 39.5 Å². The van der Waals surface area contributed by atoms with Gasteiger partial charge in [0.25, 0.3) is 0 Å². The number of ether oxygens (including phenoxy) is 4. The van der Waals surface area contributed by atoms with Crippen LogP contribution in [-0.2, 0) is 65.4 Å². The minimum Gasteiger partial charge on any atom is -0.462 e. The van der Waals surface area contributed by atoms with Crippen LogP contribution in [0.4, 0.5) is 0 Å². The number of aliphatic hydroxyl groups excluding tert-OH is 1. The zero-order valence-electron chi connectivity index (χ0n) is 58.1. The Morgan fingerprint density at radius 1 is 0.319 bits per heavy atom. The van der Waals surface area contributed by atoms with E-state index in [1.807, 2.05) is 30.4 Å². The molecule has 3 N–H and O–H groups in total. The van der Waals surface area contributed by atoms with Gasteiger partial charge in [0, 0.05) is 12.8 Å². The van der Waals surface area contributed by atoms with E-state index in [-0.39, 0.29) is 25.7 Å². The summed E-state index contributed by atoms with van der Waals surface area (Å²) in [6.45, 7) is 4.35. The van der Waals surface area contributed by atoms with Gasteiger partial charge in [0.1, 0.15) is 19.3 Å². The van der Waals surface area contributed by atoms with Gasteiger partial charge < -0.3 is 33.8 Å². The number of hydrogen-bond acceptors (Lipinski definition) is 15. The molecule has 0 aromatic carbocycles. The molecule has 5 unspecified atom stereocenters. The van der Waals surface area contributed by atoms with Crippen molar-refractivity contribution >= 4 is 39.5 Å². The largest absolute Gasteiger partial charge is 0.472 e. The van der Waals surface area contributed by atoms with Crippen LogP contribution in [0.5, 0.6) is 0 Å². The number of allylic oxidation sites excluding steroid dienone is 20. The molecule has 0 aromatic heterocycles. The third-order valence-electron chi connectivity index (χ3n) is 14.2. The van der Waals surface area contributed by atoms with Crippen LogP contribution in [0, 0.1) is 0 Å². The molecular formula is C75H124O17P2. The van der Waals surface area contributed by atoms with Gasteiger partial charge in [-0.15, -0.1) is 0 Å². The first-order valence-electron chi connectivity index (χ1n) is 35.4. The fourth-order valence-electron chi connectivity index (χ4n) is 8.83. The average Bonchev–Trinajstić information content (AvgIpc) is 1.36. The van der Waals surface area contributed by atoms with Crippen LogP contribution in [0.1, 0.15) is 259 Å². The third kappa shape index (κ3) is 65.8. The number of hydrogen-bond donors (Lipinski definition) is 3. The van der Waals surface area contributed by atoms with E-state index in [9.17, 15) is 43.2 Å². The third-order valence-corrected chi connectivity index (χ3v) is 16.1. The molecule has 0 rings (SSSR count). The second kappa shape index (κ2) is 66.8. The molecular weight excluding hydrogens is 1230 g/mol. The molecule has 0 aliphatic rings. The van der Waals surface area contributed by atoms with Crippen molar-refractivity contribution in [3.63, 3.8) is 0 Å². The highest BCUT2D eigenvalue weighted by Crippen LogP contribution is 2.45. The Hall–Kier alpha value is -4.80. The van der Waals surface area contributed by atoms with E-state index in [2.05, 4.69) is 113 Å². The van der Waals surface area contributed by atoms with Crippen molar-refractivity contribution < 1.29 is 80.2 Å². The summed E-state index contributed by atoms with van der Waals surface area (Å²) >= 11 is 0. The van der Waals surface area contributed by atoms with Gasteiger partial charge in [-0.25, -0.2) is 9.13 Å². The summed E-state index contributed by atoms with van der Waals surface area (Å²) in [7, 11) is -10.00. The van der Waals surface area contributed by atoms with Crippen LogP contribution in [0.15, 0.2) is 134 Å². The van der Waals surface area contributed by atoms with Gasteiger partial charge in [-0.2, -0.15) is 0 Å². The van der Waals surface area contributed by atoms with Gasteiger partial charge in [0.2, 0.25) is 0 Å². The summed E-state index contributed by atoms with van der Waals surface area (Å²) in [5.41, 5.74) is 0. The lowest BCUT2D eigenvalue weighted by atomic mass is 10.1. The first-order chi connectivity index (χ1) is 45.7. The Morgan fingerprint density at radius 3 is 0.989 bits per heavy atom. The van der Waals surface area contributed by atoms with E-state index in [0.717, 1.165) is 116 Å². The lowest BCUT2D eigenvalue weighted by Crippen LogP contribution is -2.30. The molecule has 5 atom stereocenters. The maximum absolute atomic E-state index is 13.0. The summed E-state index contributed by atoms with van der Waals surface area (Å²) < 4.78 is 67.9. The minimum atomic E-state index is -5.02. The minimum absolute atomic E-state index is 0.0889. The smallest absolute Gasteiger partial charge is 0.462 e. The number of carbonyl (C=O) groups excluding carboxylic acids is 4. The first-order valence-corrected chi connectivity index (χ1v) is 38.4. The van der Waals surface area contributed by atoms with Crippen molar-refractivity contribution in [2.75, 3.05) is 39.6 Å². The van der Waals surface area contributed by atoms with Crippen molar-refractivity contribution in [2.24, 2.45) is 0 Å². The van der Waals surface area contributed by atoms with Crippen LogP contribution >= 0.6 is 15.6 Å². The molecule has 0 bridgehead atoms. The molecule has 0 saturated carbocycles. The predicted octanol–water partition coefficient (Wildman–Crippen LogP) is 19.8. The van der Waals surface area contributed by atoms with E-state index in [1.54, 1.807) is 18.2 Å². The highest BCUT2D eigenvalue weighted by molar-refractivity contribution is 7.47. The molecule has 536 valence electrons. The van der Waals surface area contributed by atoms with Crippen molar-refractivity contribution in [2.45, 2.75) is 277 Å². The highest BCUT2D eigenvalue weighted by Gasteiger charge is 2.30. The van der Waals surface area contributed by atoms with E-state index in [1.165, 1.54) is 64.2 Å². The lowest BCUT2D eigenvalue weighted by Gasteiger charge is -2.21. The number of phosphoric acid groups is 2. The van der Waals surface area contributed by atoms with Crippen LogP contribution in [0.25, 0.3) is 0 Å². The molecule has 0 aliphatic heterocycles.